The van der Waals surface area contributed by atoms with Crippen LogP contribution in [0.15, 0.2) is 18.2 Å². The molecule has 0 atom stereocenters. The minimum atomic E-state index is -0.603. The lowest BCUT2D eigenvalue weighted by Gasteiger charge is -2.17. The zero-order chi connectivity index (χ0) is 15.8. The molecule has 0 unspecified atom stereocenters. The Kier molecular flexibility index (Phi) is 6.52. The van der Waals surface area contributed by atoms with Crippen LogP contribution in [0.2, 0.25) is 0 Å². The molecule has 0 saturated carbocycles. The van der Waals surface area contributed by atoms with Gasteiger partial charge in [0.25, 0.3) is 0 Å². The summed E-state index contributed by atoms with van der Waals surface area (Å²) in [6.45, 7) is 4.95. The first-order valence-corrected chi connectivity index (χ1v) is 6.85. The minimum Gasteiger partial charge on any atom is -0.493 e. The average Bonchev–Trinajstić information content (AvgIpc) is 2.53. The summed E-state index contributed by atoms with van der Waals surface area (Å²) in [6.07, 6.45) is 0. The summed E-state index contributed by atoms with van der Waals surface area (Å²) in [5.41, 5.74) is 0.827. The van der Waals surface area contributed by atoms with Crippen molar-refractivity contribution in [2.24, 2.45) is 0 Å². The lowest BCUT2D eigenvalue weighted by Crippen LogP contribution is -2.42. The zero-order valence-electron chi connectivity index (χ0n) is 12.9. The molecule has 116 valence electrons. The van der Waals surface area contributed by atoms with Crippen molar-refractivity contribution in [3.8, 4) is 11.5 Å². The van der Waals surface area contributed by atoms with Crippen molar-refractivity contribution >= 4 is 11.8 Å². The highest BCUT2D eigenvalue weighted by atomic mass is 16.5. The first kappa shape index (κ1) is 16.8. The molecule has 2 amide bonds. The Morgan fingerprint density at radius 2 is 1.71 bits per heavy atom. The molecule has 0 aliphatic heterocycles. The monoisotopic (exact) mass is 294 g/mol. The molecule has 0 aliphatic carbocycles. The molecule has 0 aromatic heterocycles. The molecular weight excluding hydrogens is 272 g/mol. The van der Waals surface area contributed by atoms with E-state index >= 15 is 0 Å². The molecule has 0 fully saturated rings. The Morgan fingerprint density at radius 3 is 2.24 bits per heavy atom. The number of likely N-dealkylation sites (N-methyl/N-ethyl adjacent to an activating group) is 1. The summed E-state index contributed by atoms with van der Waals surface area (Å²) in [4.78, 5) is 25.1. The maximum atomic E-state index is 11.8. The molecule has 1 aromatic rings. The molecule has 1 N–H and O–H groups in total. The van der Waals surface area contributed by atoms with Crippen LogP contribution in [0.1, 0.15) is 19.4 Å². The summed E-state index contributed by atoms with van der Waals surface area (Å²) < 4.78 is 10.3. The number of nitrogens with zero attached hydrogens (tertiary/aromatic N) is 1. The number of amides is 2. The molecule has 6 heteroatoms. The molecule has 0 spiro atoms. The Morgan fingerprint density at radius 1 is 1.10 bits per heavy atom. The van der Waals surface area contributed by atoms with Crippen LogP contribution in [0.4, 0.5) is 0 Å². The van der Waals surface area contributed by atoms with E-state index < -0.39 is 11.8 Å². The fourth-order valence-corrected chi connectivity index (χ4v) is 1.90. The quantitative estimate of drug-likeness (QED) is 0.800. The third-order valence-electron chi connectivity index (χ3n) is 3.15. The second-order valence-corrected chi connectivity index (χ2v) is 4.35. The normalized spacial score (nSPS) is 9.90. The fraction of sp³-hybridized carbons (Fsp3) is 0.467. The van der Waals surface area contributed by atoms with Gasteiger partial charge in [-0.25, -0.2) is 0 Å². The van der Waals surface area contributed by atoms with E-state index in [1.54, 1.807) is 26.4 Å². The van der Waals surface area contributed by atoms with Gasteiger partial charge in [0.15, 0.2) is 11.5 Å². The number of rotatable bonds is 6. The zero-order valence-corrected chi connectivity index (χ0v) is 12.9. The molecular formula is C15H22N2O4. The van der Waals surface area contributed by atoms with Crippen LogP contribution in [0, 0.1) is 0 Å². The van der Waals surface area contributed by atoms with Crippen molar-refractivity contribution in [3.05, 3.63) is 23.8 Å². The maximum Gasteiger partial charge on any atom is 0.311 e. The maximum absolute atomic E-state index is 11.8. The van der Waals surface area contributed by atoms with Gasteiger partial charge in [-0.15, -0.1) is 0 Å². The van der Waals surface area contributed by atoms with Crippen molar-refractivity contribution < 1.29 is 19.1 Å². The van der Waals surface area contributed by atoms with Gasteiger partial charge < -0.3 is 19.7 Å². The van der Waals surface area contributed by atoms with Crippen LogP contribution in [-0.4, -0.2) is 44.0 Å². The van der Waals surface area contributed by atoms with E-state index in [2.05, 4.69) is 5.32 Å². The van der Waals surface area contributed by atoms with Gasteiger partial charge in [-0.3, -0.25) is 9.59 Å². The van der Waals surface area contributed by atoms with Crippen molar-refractivity contribution in [3.63, 3.8) is 0 Å². The summed E-state index contributed by atoms with van der Waals surface area (Å²) in [7, 11) is 3.10. The first-order chi connectivity index (χ1) is 10.1. The molecule has 0 saturated heterocycles. The van der Waals surface area contributed by atoms with E-state index in [1.165, 1.54) is 4.90 Å². The van der Waals surface area contributed by atoms with E-state index in [4.69, 9.17) is 9.47 Å². The van der Waals surface area contributed by atoms with Crippen LogP contribution in [-0.2, 0) is 16.1 Å². The Hall–Kier alpha value is -2.24. The summed E-state index contributed by atoms with van der Waals surface area (Å²) in [5, 5.41) is 2.61. The van der Waals surface area contributed by atoms with Gasteiger partial charge in [0, 0.05) is 19.6 Å². The molecule has 6 nitrogen and oxygen atoms in total. The van der Waals surface area contributed by atoms with Crippen molar-refractivity contribution in [2.45, 2.75) is 20.4 Å². The number of carbonyl (C=O) groups is 2. The van der Waals surface area contributed by atoms with Crippen molar-refractivity contribution in [2.75, 3.05) is 27.3 Å². The van der Waals surface area contributed by atoms with Crippen molar-refractivity contribution in [1.29, 1.82) is 0 Å². The smallest absolute Gasteiger partial charge is 0.311 e. The third-order valence-corrected chi connectivity index (χ3v) is 3.15. The van der Waals surface area contributed by atoms with Gasteiger partial charge in [0.2, 0.25) is 0 Å². The van der Waals surface area contributed by atoms with E-state index in [-0.39, 0.29) is 6.54 Å². The van der Waals surface area contributed by atoms with Crippen LogP contribution in [0.3, 0.4) is 0 Å². The largest absolute Gasteiger partial charge is 0.493 e. The van der Waals surface area contributed by atoms with Gasteiger partial charge in [0.1, 0.15) is 0 Å². The number of ether oxygens (including phenoxy) is 2. The van der Waals surface area contributed by atoms with Gasteiger partial charge in [-0.2, -0.15) is 0 Å². The first-order valence-electron chi connectivity index (χ1n) is 6.85. The van der Waals surface area contributed by atoms with Crippen LogP contribution in [0.5, 0.6) is 11.5 Å². The van der Waals surface area contributed by atoms with Crippen molar-refractivity contribution in [1.82, 2.24) is 10.2 Å². The number of hydrogen-bond acceptors (Lipinski definition) is 4. The highest BCUT2D eigenvalue weighted by Gasteiger charge is 2.18. The molecule has 21 heavy (non-hydrogen) atoms. The Labute approximate surface area is 125 Å². The standard InChI is InChI=1S/C15H22N2O4/c1-5-17(6-2)15(19)14(18)16-10-11-7-8-12(20-3)13(9-11)21-4/h7-9H,5-6,10H2,1-4H3,(H,16,18). The SMILES string of the molecule is CCN(CC)C(=O)C(=O)NCc1ccc(OC)c(OC)c1. The number of methoxy groups -OCH3 is 2. The van der Waals surface area contributed by atoms with E-state index in [9.17, 15) is 9.59 Å². The molecule has 0 heterocycles. The molecule has 1 aromatic carbocycles. The van der Waals surface area contributed by atoms with Crippen LogP contribution in [0.25, 0.3) is 0 Å². The van der Waals surface area contributed by atoms with Crippen LogP contribution < -0.4 is 14.8 Å². The highest BCUT2D eigenvalue weighted by Crippen LogP contribution is 2.27. The van der Waals surface area contributed by atoms with E-state index in [0.717, 1.165) is 5.56 Å². The molecule has 0 aliphatic rings. The highest BCUT2D eigenvalue weighted by molar-refractivity contribution is 6.34. The lowest BCUT2D eigenvalue weighted by molar-refractivity contribution is -0.145. The van der Waals surface area contributed by atoms with Crippen LogP contribution >= 0.6 is 0 Å². The average molecular weight is 294 g/mol. The summed E-state index contributed by atoms with van der Waals surface area (Å²) >= 11 is 0. The lowest BCUT2D eigenvalue weighted by atomic mass is 10.2. The van der Waals surface area contributed by atoms with E-state index in [1.807, 2.05) is 19.9 Å². The molecule has 1 rings (SSSR count). The predicted molar refractivity (Wildman–Crippen MR) is 79.3 cm³/mol. The summed E-state index contributed by atoms with van der Waals surface area (Å²) in [6, 6.07) is 5.33. The van der Waals surface area contributed by atoms with Gasteiger partial charge in [0.05, 0.1) is 14.2 Å². The number of nitrogens with one attached hydrogen (secondary N) is 1. The second kappa shape index (κ2) is 8.14. The fourth-order valence-electron chi connectivity index (χ4n) is 1.90. The van der Waals surface area contributed by atoms with E-state index in [0.29, 0.717) is 24.6 Å². The number of carbonyl (C=O) groups excluding carboxylic acids is 2. The van der Waals surface area contributed by atoms with Gasteiger partial charge in [-0.05, 0) is 31.5 Å². The predicted octanol–water partition coefficient (Wildman–Crippen LogP) is 1.19. The topological polar surface area (TPSA) is 67.9 Å². The number of hydrogen-bond donors (Lipinski definition) is 1. The Balaban J connectivity index is 2.67. The Bertz CT molecular complexity index is 498. The van der Waals surface area contributed by atoms with Gasteiger partial charge >= 0.3 is 11.8 Å². The minimum absolute atomic E-state index is 0.256. The van der Waals surface area contributed by atoms with Gasteiger partial charge in [-0.1, -0.05) is 6.07 Å². The number of benzene rings is 1. The third kappa shape index (κ3) is 4.37. The molecule has 0 bridgehead atoms. The summed E-state index contributed by atoms with van der Waals surface area (Å²) in [5.74, 6) is 0.0834. The second-order valence-electron chi connectivity index (χ2n) is 4.35. The molecule has 0 radical (unpaired) electrons.